The quantitative estimate of drug-likeness (QED) is 0.509. The molecule has 0 bridgehead atoms. The number of aryl methyl sites for hydroxylation is 1. The molecule has 0 radical (unpaired) electrons. The molecule has 0 spiro atoms. The van der Waals surface area contributed by atoms with Gasteiger partial charge >= 0.3 is 0 Å². The van der Waals surface area contributed by atoms with Crippen LogP contribution >= 0.6 is 0 Å². The third-order valence-corrected chi connectivity index (χ3v) is 5.18. The topological polar surface area (TPSA) is 59.8 Å². The zero-order valence-corrected chi connectivity index (χ0v) is 16.9. The minimum absolute atomic E-state index is 0.145. The molecular formula is C25H24N4O. The average Bonchev–Trinajstić information content (AvgIpc) is 3.26. The summed E-state index contributed by atoms with van der Waals surface area (Å²) >= 11 is 0. The zero-order chi connectivity index (χ0) is 20.8. The van der Waals surface area contributed by atoms with Crippen LogP contribution in [0, 0.1) is 6.92 Å². The van der Waals surface area contributed by atoms with Gasteiger partial charge in [0.25, 0.3) is 5.91 Å². The summed E-state index contributed by atoms with van der Waals surface area (Å²) < 4.78 is 1.75. The first-order chi connectivity index (χ1) is 14.7. The van der Waals surface area contributed by atoms with E-state index in [9.17, 15) is 4.79 Å². The molecule has 5 nitrogen and oxygen atoms in total. The average molecular weight is 396 g/mol. The number of amides is 1. The molecular weight excluding hydrogens is 372 g/mol. The Morgan fingerprint density at radius 1 is 0.900 bits per heavy atom. The molecule has 4 rings (SSSR count). The zero-order valence-electron chi connectivity index (χ0n) is 16.9. The normalized spacial score (nSPS) is 10.9. The molecule has 4 aromatic rings. The second kappa shape index (κ2) is 9.18. The van der Waals surface area contributed by atoms with Crippen LogP contribution in [-0.2, 0) is 6.42 Å². The minimum Gasteiger partial charge on any atom is -0.350 e. The van der Waals surface area contributed by atoms with Crippen molar-refractivity contribution in [2.45, 2.75) is 19.4 Å². The number of nitrogens with one attached hydrogen (secondary N) is 1. The molecule has 5 heteroatoms. The molecule has 0 saturated carbocycles. The monoisotopic (exact) mass is 396 g/mol. The van der Waals surface area contributed by atoms with E-state index in [1.165, 1.54) is 11.1 Å². The predicted molar refractivity (Wildman–Crippen MR) is 117 cm³/mol. The number of carbonyl (C=O) groups excluding carboxylic acids is 1. The fourth-order valence-electron chi connectivity index (χ4n) is 3.57. The molecule has 1 heterocycles. The van der Waals surface area contributed by atoms with Crippen LogP contribution in [0.3, 0.4) is 0 Å². The van der Waals surface area contributed by atoms with Crippen molar-refractivity contribution in [1.29, 1.82) is 0 Å². The van der Waals surface area contributed by atoms with Gasteiger partial charge in [0.05, 0.1) is 6.20 Å². The first-order valence-electron chi connectivity index (χ1n) is 10.1. The van der Waals surface area contributed by atoms with E-state index in [0.717, 1.165) is 17.5 Å². The maximum atomic E-state index is 12.6. The van der Waals surface area contributed by atoms with Crippen molar-refractivity contribution in [1.82, 2.24) is 20.3 Å². The highest BCUT2D eigenvalue weighted by Crippen LogP contribution is 2.25. The molecule has 1 aromatic heterocycles. The molecule has 0 atom stereocenters. The van der Waals surface area contributed by atoms with E-state index in [-0.39, 0.29) is 11.9 Å². The summed E-state index contributed by atoms with van der Waals surface area (Å²) in [4.78, 5) is 12.6. The number of hydrogen-bond acceptors (Lipinski definition) is 3. The first-order valence-corrected chi connectivity index (χ1v) is 10.1. The Morgan fingerprint density at radius 3 is 2.13 bits per heavy atom. The van der Waals surface area contributed by atoms with E-state index in [1.807, 2.05) is 48.5 Å². The minimum atomic E-state index is -0.213. The first kappa shape index (κ1) is 19.6. The van der Waals surface area contributed by atoms with Gasteiger partial charge in [-0.2, -0.15) is 0 Å². The van der Waals surface area contributed by atoms with Crippen molar-refractivity contribution in [3.05, 3.63) is 119 Å². The van der Waals surface area contributed by atoms with Gasteiger partial charge in [-0.3, -0.25) is 4.79 Å². The lowest BCUT2D eigenvalue weighted by atomic mass is 9.99. The second-order valence-electron chi connectivity index (χ2n) is 7.24. The number of aromatic nitrogens is 3. The number of benzene rings is 3. The van der Waals surface area contributed by atoms with Crippen molar-refractivity contribution in [2.24, 2.45) is 0 Å². The SMILES string of the molecule is Cc1ccccc1CCNC(=O)c1cn(C(c2ccccc2)c2ccccc2)nn1. The highest BCUT2D eigenvalue weighted by atomic mass is 16.2. The second-order valence-corrected chi connectivity index (χ2v) is 7.24. The van der Waals surface area contributed by atoms with Gasteiger partial charge in [-0.25, -0.2) is 4.68 Å². The van der Waals surface area contributed by atoms with Crippen LogP contribution in [0.4, 0.5) is 0 Å². The van der Waals surface area contributed by atoms with E-state index in [2.05, 4.69) is 59.0 Å². The highest BCUT2D eigenvalue weighted by Gasteiger charge is 2.19. The lowest BCUT2D eigenvalue weighted by molar-refractivity contribution is 0.0949. The van der Waals surface area contributed by atoms with Crippen molar-refractivity contribution in [3.8, 4) is 0 Å². The molecule has 0 aliphatic carbocycles. The third-order valence-electron chi connectivity index (χ3n) is 5.18. The summed E-state index contributed by atoms with van der Waals surface area (Å²) in [6.07, 6.45) is 2.50. The van der Waals surface area contributed by atoms with E-state index in [1.54, 1.807) is 10.9 Å². The number of hydrogen-bond donors (Lipinski definition) is 1. The Morgan fingerprint density at radius 2 is 1.50 bits per heavy atom. The highest BCUT2D eigenvalue weighted by molar-refractivity contribution is 5.91. The smallest absolute Gasteiger partial charge is 0.273 e. The molecule has 3 aromatic carbocycles. The van der Waals surface area contributed by atoms with Gasteiger partial charge < -0.3 is 5.32 Å². The van der Waals surface area contributed by atoms with Gasteiger partial charge in [-0.05, 0) is 35.6 Å². The van der Waals surface area contributed by atoms with Crippen LogP contribution in [-0.4, -0.2) is 27.4 Å². The summed E-state index contributed by atoms with van der Waals surface area (Å²) in [6, 6.07) is 28.3. The van der Waals surface area contributed by atoms with Gasteiger partial charge in [0.2, 0.25) is 0 Å². The predicted octanol–water partition coefficient (Wildman–Crippen LogP) is 4.20. The molecule has 150 valence electrons. The molecule has 0 unspecified atom stereocenters. The number of carbonyl (C=O) groups is 1. The van der Waals surface area contributed by atoms with E-state index in [0.29, 0.717) is 12.2 Å². The standard InChI is InChI=1S/C25H24N4O/c1-19-10-8-9-11-20(19)16-17-26-25(30)23-18-29(28-27-23)24(21-12-4-2-5-13-21)22-14-6-3-7-15-22/h2-15,18,24H,16-17H2,1H3,(H,26,30). The van der Waals surface area contributed by atoms with Crippen LogP contribution in [0.1, 0.15) is 38.8 Å². The van der Waals surface area contributed by atoms with Crippen LogP contribution in [0.25, 0.3) is 0 Å². The third kappa shape index (κ3) is 4.46. The Labute approximate surface area is 176 Å². The molecule has 0 aliphatic rings. The lowest BCUT2D eigenvalue weighted by Gasteiger charge is -2.17. The van der Waals surface area contributed by atoms with Crippen LogP contribution in [0.15, 0.2) is 91.1 Å². The van der Waals surface area contributed by atoms with E-state index in [4.69, 9.17) is 0 Å². The molecule has 1 N–H and O–H groups in total. The summed E-state index contributed by atoms with van der Waals surface area (Å²) in [5.41, 5.74) is 4.94. The van der Waals surface area contributed by atoms with Gasteiger partial charge in [0, 0.05) is 6.54 Å². The molecule has 1 amide bonds. The van der Waals surface area contributed by atoms with Crippen LogP contribution < -0.4 is 5.32 Å². The van der Waals surface area contributed by atoms with Crippen LogP contribution in [0.2, 0.25) is 0 Å². The van der Waals surface area contributed by atoms with Crippen LogP contribution in [0.5, 0.6) is 0 Å². The fraction of sp³-hybridized carbons (Fsp3) is 0.160. The largest absolute Gasteiger partial charge is 0.350 e. The summed E-state index contributed by atoms with van der Waals surface area (Å²) in [7, 11) is 0. The van der Waals surface area contributed by atoms with Gasteiger partial charge in [-0.1, -0.05) is 90.1 Å². The summed E-state index contributed by atoms with van der Waals surface area (Å²) in [5.74, 6) is -0.213. The molecule has 0 aliphatic heterocycles. The maximum absolute atomic E-state index is 12.6. The summed E-state index contributed by atoms with van der Waals surface area (Å²) in [5, 5.41) is 11.4. The summed E-state index contributed by atoms with van der Waals surface area (Å²) in [6.45, 7) is 2.63. The van der Waals surface area contributed by atoms with E-state index >= 15 is 0 Å². The molecule has 0 saturated heterocycles. The fourth-order valence-corrected chi connectivity index (χ4v) is 3.57. The van der Waals surface area contributed by atoms with E-state index < -0.39 is 0 Å². The van der Waals surface area contributed by atoms with Crippen molar-refractivity contribution in [3.63, 3.8) is 0 Å². The van der Waals surface area contributed by atoms with Crippen molar-refractivity contribution < 1.29 is 4.79 Å². The molecule has 30 heavy (non-hydrogen) atoms. The number of rotatable bonds is 7. The molecule has 0 fully saturated rings. The van der Waals surface area contributed by atoms with Crippen molar-refractivity contribution >= 4 is 5.91 Å². The Balaban J connectivity index is 1.50. The Bertz CT molecular complexity index is 1070. The van der Waals surface area contributed by atoms with Gasteiger partial charge in [-0.15, -0.1) is 5.10 Å². The Kier molecular flexibility index (Phi) is 5.99. The lowest BCUT2D eigenvalue weighted by Crippen LogP contribution is -2.26. The van der Waals surface area contributed by atoms with Gasteiger partial charge in [0.1, 0.15) is 6.04 Å². The van der Waals surface area contributed by atoms with Gasteiger partial charge in [0.15, 0.2) is 5.69 Å². The van der Waals surface area contributed by atoms with Crippen molar-refractivity contribution in [2.75, 3.05) is 6.54 Å². The number of nitrogens with zero attached hydrogens (tertiary/aromatic N) is 3. The Hall–Kier alpha value is -3.73. The maximum Gasteiger partial charge on any atom is 0.273 e.